The van der Waals surface area contributed by atoms with Gasteiger partial charge in [0.05, 0.1) is 5.52 Å². The van der Waals surface area contributed by atoms with E-state index in [0.29, 0.717) is 46.4 Å². The number of hydrogen-bond acceptors (Lipinski definition) is 8. The van der Waals surface area contributed by atoms with E-state index < -0.39 is 11.6 Å². The van der Waals surface area contributed by atoms with E-state index in [-0.39, 0.29) is 41.3 Å². The summed E-state index contributed by atoms with van der Waals surface area (Å²) in [7, 11) is 0. The second-order valence-corrected chi connectivity index (χ2v) is 13.1. The van der Waals surface area contributed by atoms with Gasteiger partial charge in [-0.05, 0) is 83.3 Å². The third-order valence-corrected chi connectivity index (χ3v) is 9.47. The van der Waals surface area contributed by atoms with Crippen LogP contribution in [0.3, 0.4) is 0 Å². The van der Waals surface area contributed by atoms with Crippen LogP contribution in [0.2, 0.25) is 0 Å². The molecule has 4 aromatic rings. The lowest BCUT2D eigenvalue weighted by Gasteiger charge is -2.27. The molecule has 3 fully saturated rings. The fraction of sp³-hybridized carbons (Fsp3) is 0.387. The van der Waals surface area contributed by atoms with E-state index in [1.165, 1.54) is 6.92 Å². The van der Waals surface area contributed by atoms with Crippen LogP contribution in [-0.4, -0.2) is 64.4 Å². The molecule has 1 saturated heterocycles. The van der Waals surface area contributed by atoms with Gasteiger partial charge < -0.3 is 15.3 Å². The number of piperidine rings is 1. The summed E-state index contributed by atoms with van der Waals surface area (Å²) in [4.78, 5) is 54.7. The minimum absolute atomic E-state index is 0.0234. The minimum atomic E-state index is -0.917. The number of aromatic nitrogens is 5. The van der Waals surface area contributed by atoms with E-state index in [0.717, 1.165) is 23.1 Å². The monoisotopic (exact) mass is 643 g/mol. The van der Waals surface area contributed by atoms with Crippen molar-refractivity contribution >= 4 is 50.2 Å². The molecule has 7 rings (SSSR count). The summed E-state index contributed by atoms with van der Waals surface area (Å²) >= 11 is 3.35. The maximum absolute atomic E-state index is 13.9. The average molecular weight is 645 g/mol. The molecule has 2 aliphatic carbocycles. The number of carbonyl (C=O) groups excluding carboxylic acids is 3. The minimum Gasteiger partial charge on any atom is -0.382 e. The number of Topliss-reactive ketones (excluding diaryl/α,β-unsaturated/α-hetero) is 1. The molecule has 0 bridgehead atoms. The number of pyridine rings is 1. The maximum Gasteiger partial charge on any atom is 0.248 e. The molecule has 0 spiro atoms. The zero-order valence-electron chi connectivity index (χ0n) is 24.0. The first-order chi connectivity index (χ1) is 20.5. The molecule has 12 heteroatoms. The summed E-state index contributed by atoms with van der Waals surface area (Å²) in [5, 5.41) is 18.4. The SMILES string of the molecule is CC(=O)c1nn(CC(=O)N2[C@H](C(=O)Nc3nc(Br)ccc3C)C[C@@]3(C)C[C@@H]23)c2ccc(-c3cnc(C4(O)CC4)nc3)cc12. The van der Waals surface area contributed by atoms with Crippen molar-refractivity contribution in [3.05, 3.63) is 64.4 Å². The van der Waals surface area contributed by atoms with Crippen LogP contribution in [0.4, 0.5) is 5.82 Å². The van der Waals surface area contributed by atoms with Crippen LogP contribution in [0.25, 0.3) is 22.0 Å². The highest BCUT2D eigenvalue weighted by molar-refractivity contribution is 9.10. The number of nitrogens with one attached hydrogen (secondary N) is 1. The van der Waals surface area contributed by atoms with E-state index in [9.17, 15) is 19.5 Å². The largest absolute Gasteiger partial charge is 0.382 e. The van der Waals surface area contributed by atoms with Crippen molar-refractivity contribution in [2.75, 3.05) is 5.32 Å². The number of fused-ring (bicyclic) bond motifs is 2. The number of aryl methyl sites for hydroxylation is 1. The van der Waals surface area contributed by atoms with Crippen molar-refractivity contribution < 1.29 is 19.5 Å². The molecule has 1 aliphatic heterocycles. The second kappa shape index (κ2) is 9.75. The molecule has 220 valence electrons. The van der Waals surface area contributed by atoms with Gasteiger partial charge >= 0.3 is 0 Å². The first-order valence-corrected chi connectivity index (χ1v) is 15.1. The number of carbonyl (C=O) groups is 3. The van der Waals surface area contributed by atoms with Crippen LogP contribution in [0.5, 0.6) is 0 Å². The normalized spacial score (nSPS) is 23.2. The highest BCUT2D eigenvalue weighted by atomic mass is 79.9. The van der Waals surface area contributed by atoms with Crippen LogP contribution in [0.15, 0.2) is 47.3 Å². The van der Waals surface area contributed by atoms with E-state index >= 15 is 0 Å². The predicted octanol–water partition coefficient (Wildman–Crippen LogP) is 4.16. The maximum atomic E-state index is 13.9. The van der Waals surface area contributed by atoms with Crippen molar-refractivity contribution in [1.29, 1.82) is 0 Å². The highest BCUT2D eigenvalue weighted by Gasteiger charge is 2.64. The first-order valence-electron chi connectivity index (χ1n) is 14.3. The topological polar surface area (TPSA) is 143 Å². The Bertz CT molecular complexity index is 1830. The number of rotatable bonds is 7. The third kappa shape index (κ3) is 4.82. The number of likely N-dealkylation sites (tertiary alicyclic amines) is 1. The number of aliphatic hydroxyl groups is 1. The van der Waals surface area contributed by atoms with Gasteiger partial charge in [-0.1, -0.05) is 19.1 Å². The van der Waals surface area contributed by atoms with Gasteiger partial charge in [0, 0.05) is 36.3 Å². The molecule has 2 saturated carbocycles. The van der Waals surface area contributed by atoms with Crippen molar-refractivity contribution in [2.24, 2.45) is 5.41 Å². The van der Waals surface area contributed by atoms with Gasteiger partial charge in [-0.15, -0.1) is 0 Å². The summed E-state index contributed by atoms with van der Waals surface area (Å²) in [6.07, 6.45) is 6.06. The van der Waals surface area contributed by atoms with Crippen LogP contribution in [0.1, 0.15) is 61.4 Å². The molecule has 43 heavy (non-hydrogen) atoms. The van der Waals surface area contributed by atoms with Crippen molar-refractivity contribution in [1.82, 2.24) is 29.6 Å². The lowest BCUT2D eigenvalue weighted by atomic mass is 10.0. The van der Waals surface area contributed by atoms with Gasteiger partial charge in [-0.3, -0.25) is 19.1 Å². The Morgan fingerprint density at radius 2 is 1.84 bits per heavy atom. The van der Waals surface area contributed by atoms with Gasteiger partial charge in [0.1, 0.15) is 34.3 Å². The Morgan fingerprint density at radius 3 is 2.53 bits per heavy atom. The molecule has 0 unspecified atom stereocenters. The molecule has 2 amide bonds. The fourth-order valence-electron chi connectivity index (χ4n) is 6.20. The lowest BCUT2D eigenvalue weighted by molar-refractivity contribution is -0.138. The molecule has 3 atom stereocenters. The molecular formula is C31H30BrN7O4. The summed E-state index contributed by atoms with van der Waals surface area (Å²) < 4.78 is 2.16. The highest BCUT2D eigenvalue weighted by Crippen LogP contribution is 2.59. The second-order valence-electron chi connectivity index (χ2n) is 12.3. The molecule has 3 aromatic heterocycles. The molecular weight excluding hydrogens is 614 g/mol. The molecule has 3 aliphatic rings. The van der Waals surface area contributed by atoms with Gasteiger partial charge in [-0.25, -0.2) is 15.0 Å². The Hall–Kier alpha value is -4.03. The molecule has 11 nitrogen and oxygen atoms in total. The van der Waals surface area contributed by atoms with Crippen LogP contribution in [-0.2, 0) is 21.7 Å². The molecule has 1 aromatic carbocycles. The van der Waals surface area contributed by atoms with Crippen molar-refractivity contribution in [3.63, 3.8) is 0 Å². The predicted molar refractivity (Wildman–Crippen MR) is 161 cm³/mol. The number of anilines is 1. The number of amides is 2. The Labute approximate surface area is 255 Å². The third-order valence-electron chi connectivity index (χ3n) is 9.02. The summed E-state index contributed by atoms with van der Waals surface area (Å²) in [6, 6.07) is 8.57. The fourth-order valence-corrected chi connectivity index (χ4v) is 6.51. The zero-order valence-corrected chi connectivity index (χ0v) is 25.6. The van der Waals surface area contributed by atoms with Crippen molar-refractivity contribution in [3.8, 4) is 11.1 Å². The van der Waals surface area contributed by atoms with E-state index in [2.05, 4.69) is 48.2 Å². The van der Waals surface area contributed by atoms with Crippen LogP contribution >= 0.6 is 15.9 Å². The number of hydrogen-bond donors (Lipinski definition) is 2. The zero-order chi connectivity index (χ0) is 30.3. The first kappa shape index (κ1) is 27.8. The molecule has 2 N–H and O–H groups in total. The van der Waals surface area contributed by atoms with Crippen LogP contribution < -0.4 is 5.32 Å². The number of ketones is 1. The van der Waals surface area contributed by atoms with E-state index in [1.54, 1.807) is 22.0 Å². The summed E-state index contributed by atoms with van der Waals surface area (Å²) in [6.45, 7) is 5.31. The standard InChI is InChI=1S/C31H30BrN7O4/c1-16-4-7-24(32)35-27(16)36-28(42)22-11-30(3)12-23(30)39(22)25(41)15-38-21-6-5-18(10-20(21)26(37-38)17(2)40)19-13-33-29(34-14-19)31(43)8-9-31/h4-7,10,13-14,22-23,43H,8-9,11-12,15H2,1-3H3,(H,35,36,42)/t22-,23+,30-/m0/s1. The Morgan fingerprint density at radius 1 is 1.09 bits per heavy atom. The number of benzene rings is 1. The Kier molecular flexibility index (Phi) is 6.30. The Balaban J connectivity index is 1.16. The molecule has 4 heterocycles. The van der Waals surface area contributed by atoms with E-state index in [4.69, 9.17) is 0 Å². The number of halogens is 1. The summed E-state index contributed by atoms with van der Waals surface area (Å²) in [5.74, 6) is 0.159. The quantitative estimate of drug-likeness (QED) is 0.226. The van der Waals surface area contributed by atoms with Crippen LogP contribution in [0, 0.1) is 12.3 Å². The van der Waals surface area contributed by atoms with Gasteiger partial charge in [0.15, 0.2) is 11.6 Å². The van der Waals surface area contributed by atoms with Gasteiger partial charge in [0.2, 0.25) is 11.8 Å². The smallest absolute Gasteiger partial charge is 0.248 e. The van der Waals surface area contributed by atoms with Gasteiger partial charge in [0.25, 0.3) is 0 Å². The number of nitrogens with zero attached hydrogens (tertiary/aromatic N) is 6. The van der Waals surface area contributed by atoms with Crippen molar-refractivity contribution in [2.45, 2.75) is 70.7 Å². The molecule has 0 radical (unpaired) electrons. The summed E-state index contributed by atoms with van der Waals surface area (Å²) in [5.41, 5.74) is 2.23. The average Bonchev–Trinajstić information content (AvgIpc) is 3.81. The van der Waals surface area contributed by atoms with Gasteiger partial charge in [-0.2, -0.15) is 5.10 Å². The lowest BCUT2D eigenvalue weighted by Crippen LogP contribution is -2.47. The van der Waals surface area contributed by atoms with E-state index in [1.807, 2.05) is 37.3 Å².